The van der Waals surface area contributed by atoms with Gasteiger partial charge in [-0.2, -0.15) is 0 Å². The van der Waals surface area contributed by atoms with Gasteiger partial charge < -0.3 is 5.32 Å². The van der Waals surface area contributed by atoms with E-state index < -0.39 is 0 Å². The maximum Gasteiger partial charge on any atom is 0.224 e. The van der Waals surface area contributed by atoms with Gasteiger partial charge in [-0.3, -0.25) is 0 Å². The molecule has 0 fully saturated rings. The molecule has 0 aromatic carbocycles. The van der Waals surface area contributed by atoms with Crippen molar-refractivity contribution in [2.45, 2.75) is 20.8 Å². The monoisotopic (exact) mass is 199 g/mol. The fourth-order valence-corrected chi connectivity index (χ4v) is 0.936. The average molecular weight is 200 g/mol. The molecule has 0 atom stereocenters. The van der Waals surface area contributed by atoms with E-state index in [1.165, 1.54) is 0 Å². The van der Waals surface area contributed by atoms with Crippen LogP contribution in [0.4, 0.5) is 5.82 Å². The van der Waals surface area contributed by atoms with Crippen molar-refractivity contribution in [3.63, 3.8) is 0 Å². The largest absolute Gasteiger partial charge is 0.369 e. The van der Waals surface area contributed by atoms with E-state index in [4.69, 9.17) is 11.6 Å². The zero-order valence-electron chi connectivity index (χ0n) is 8.13. The topological polar surface area (TPSA) is 37.8 Å². The van der Waals surface area contributed by atoms with Crippen LogP contribution in [0.25, 0.3) is 0 Å². The highest BCUT2D eigenvalue weighted by atomic mass is 35.5. The number of rotatable bonds is 2. The molecule has 1 N–H and O–H groups in total. The lowest BCUT2D eigenvalue weighted by Gasteiger charge is -2.18. The van der Waals surface area contributed by atoms with Gasteiger partial charge in [0.05, 0.1) is 0 Å². The summed E-state index contributed by atoms with van der Waals surface area (Å²) in [6, 6.07) is 1.80. The van der Waals surface area contributed by atoms with E-state index in [9.17, 15) is 0 Å². The summed E-state index contributed by atoms with van der Waals surface area (Å²) in [5, 5.41) is 3.47. The molecule has 0 amide bonds. The summed E-state index contributed by atoms with van der Waals surface area (Å²) in [6.45, 7) is 7.33. The first-order valence-corrected chi connectivity index (χ1v) is 4.58. The molecule has 1 heterocycles. The van der Waals surface area contributed by atoms with Crippen LogP contribution in [0.2, 0.25) is 5.28 Å². The molecule has 1 aromatic rings. The number of hydrogen-bond donors (Lipinski definition) is 1. The van der Waals surface area contributed by atoms with Crippen molar-refractivity contribution in [3.8, 4) is 0 Å². The summed E-state index contributed by atoms with van der Waals surface area (Å²) in [5.74, 6) is 0.773. The highest BCUT2D eigenvalue weighted by Gasteiger charge is 2.09. The first-order valence-electron chi connectivity index (χ1n) is 4.20. The first kappa shape index (κ1) is 10.3. The van der Waals surface area contributed by atoms with Gasteiger partial charge in [-0.1, -0.05) is 20.8 Å². The Morgan fingerprint density at radius 2 is 2.15 bits per heavy atom. The second-order valence-electron chi connectivity index (χ2n) is 4.13. The molecule has 0 aliphatic rings. The van der Waals surface area contributed by atoms with Crippen molar-refractivity contribution in [3.05, 3.63) is 17.5 Å². The molecular formula is C9H14ClN3. The minimum Gasteiger partial charge on any atom is -0.369 e. The van der Waals surface area contributed by atoms with Gasteiger partial charge in [0.15, 0.2) is 0 Å². The standard InChI is InChI=1S/C9H14ClN3/c1-9(2,3)6-12-7-4-5-11-8(10)13-7/h4-5H,6H2,1-3H3,(H,11,12,13). The van der Waals surface area contributed by atoms with Crippen LogP contribution in [0, 0.1) is 5.41 Å². The van der Waals surface area contributed by atoms with Crippen molar-refractivity contribution in [2.75, 3.05) is 11.9 Å². The number of anilines is 1. The molecule has 1 rings (SSSR count). The first-order chi connectivity index (χ1) is 5.97. The highest BCUT2D eigenvalue weighted by molar-refractivity contribution is 6.28. The number of nitrogens with zero attached hydrogens (tertiary/aromatic N) is 2. The van der Waals surface area contributed by atoms with Crippen LogP contribution >= 0.6 is 11.6 Å². The molecule has 0 spiro atoms. The molecule has 0 aliphatic heterocycles. The van der Waals surface area contributed by atoms with Gasteiger partial charge in [0.2, 0.25) is 5.28 Å². The molecule has 0 saturated carbocycles. The second kappa shape index (κ2) is 3.92. The lowest BCUT2D eigenvalue weighted by molar-refractivity contribution is 0.442. The van der Waals surface area contributed by atoms with Crippen LogP contribution in [0.15, 0.2) is 12.3 Å². The lowest BCUT2D eigenvalue weighted by atomic mass is 9.97. The average Bonchev–Trinajstić information content (AvgIpc) is 2.00. The van der Waals surface area contributed by atoms with Crippen LogP contribution < -0.4 is 5.32 Å². The quantitative estimate of drug-likeness (QED) is 0.745. The Bertz CT molecular complexity index is 280. The molecule has 13 heavy (non-hydrogen) atoms. The van der Waals surface area contributed by atoms with E-state index in [-0.39, 0.29) is 10.7 Å². The van der Waals surface area contributed by atoms with Gasteiger partial charge >= 0.3 is 0 Å². The molecule has 0 saturated heterocycles. The normalized spacial score (nSPS) is 11.4. The number of halogens is 1. The Morgan fingerprint density at radius 3 is 2.69 bits per heavy atom. The van der Waals surface area contributed by atoms with E-state index in [0.29, 0.717) is 0 Å². The van der Waals surface area contributed by atoms with Gasteiger partial charge in [-0.15, -0.1) is 0 Å². The van der Waals surface area contributed by atoms with Crippen LogP contribution in [0.5, 0.6) is 0 Å². The SMILES string of the molecule is CC(C)(C)CNc1ccnc(Cl)n1. The maximum atomic E-state index is 5.63. The Labute approximate surface area is 83.5 Å². The number of hydrogen-bond acceptors (Lipinski definition) is 3. The van der Waals surface area contributed by atoms with Crippen molar-refractivity contribution in [1.82, 2.24) is 9.97 Å². The molecule has 0 aliphatic carbocycles. The van der Waals surface area contributed by atoms with Gasteiger partial charge in [-0.25, -0.2) is 9.97 Å². The van der Waals surface area contributed by atoms with Crippen molar-refractivity contribution >= 4 is 17.4 Å². The maximum absolute atomic E-state index is 5.63. The summed E-state index contributed by atoms with van der Waals surface area (Å²) in [5.41, 5.74) is 0.234. The molecule has 3 nitrogen and oxygen atoms in total. The Morgan fingerprint density at radius 1 is 1.46 bits per heavy atom. The molecule has 72 valence electrons. The predicted octanol–water partition coefficient (Wildman–Crippen LogP) is 2.59. The molecule has 0 unspecified atom stereocenters. The Kier molecular flexibility index (Phi) is 3.09. The summed E-state index contributed by atoms with van der Waals surface area (Å²) in [4.78, 5) is 7.82. The fraction of sp³-hybridized carbons (Fsp3) is 0.556. The van der Waals surface area contributed by atoms with Gasteiger partial charge in [-0.05, 0) is 23.1 Å². The highest BCUT2D eigenvalue weighted by Crippen LogP contribution is 2.14. The fourth-order valence-electron chi connectivity index (χ4n) is 0.789. The van der Waals surface area contributed by atoms with E-state index in [1.807, 2.05) is 0 Å². The minimum absolute atomic E-state index is 0.234. The third-order valence-corrected chi connectivity index (χ3v) is 1.61. The molecular weight excluding hydrogens is 186 g/mol. The summed E-state index contributed by atoms with van der Waals surface area (Å²) in [7, 11) is 0. The summed E-state index contributed by atoms with van der Waals surface area (Å²) < 4.78 is 0. The van der Waals surface area contributed by atoms with Crippen LogP contribution in [-0.4, -0.2) is 16.5 Å². The lowest BCUT2D eigenvalue weighted by Crippen LogP contribution is -2.19. The summed E-state index contributed by atoms with van der Waals surface area (Å²) >= 11 is 5.63. The van der Waals surface area contributed by atoms with Crippen molar-refractivity contribution < 1.29 is 0 Å². The van der Waals surface area contributed by atoms with E-state index in [2.05, 4.69) is 36.1 Å². The Hall–Kier alpha value is -0.830. The molecule has 0 bridgehead atoms. The van der Waals surface area contributed by atoms with E-state index in [1.54, 1.807) is 12.3 Å². The smallest absolute Gasteiger partial charge is 0.224 e. The number of aromatic nitrogens is 2. The van der Waals surface area contributed by atoms with E-state index in [0.717, 1.165) is 12.4 Å². The molecule has 1 aromatic heterocycles. The van der Waals surface area contributed by atoms with E-state index >= 15 is 0 Å². The van der Waals surface area contributed by atoms with Crippen LogP contribution in [0.3, 0.4) is 0 Å². The predicted molar refractivity (Wildman–Crippen MR) is 55.0 cm³/mol. The van der Waals surface area contributed by atoms with Gasteiger partial charge in [0.25, 0.3) is 0 Å². The van der Waals surface area contributed by atoms with Crippen LogP contribution in [-0.2, 0) is 0 Å². The van der Waals surface area contributed by atoms with Gasteiger partial charge in [0.1, 0.15) is 5.82 Å². The zero-order chi connectivity index (χ0) is 9.90. The zero-order valence-corrected chi connectivity index (χ0v) is 8.89. The van der Waals surface area contributed by atoms with Gasteiger partial charge in [0, 0.05) is 12.7 Å². The Balaban J connectivity index is 2.55. The van der Waals surface area contributed by atoms with Crippen molar-refractivity contribution in [2.24, 2.45) is 5.41 Å². The second-order valence-corrected chi connectivity index (χ2v) is 4.46. The third kappa shape index (κ3) is 4.08. The summed E-state index contributed by atoms with van der Waals surface area (Å²) in [6.07, 6.45) is 1.64. The van der Waals surface area contributed by atoms with Crippen LogP contribution in [0.1, 0.15) is 20.8 Å². The molecule has 4 heteroatoms. The molecule has 0 radical (unpaired) electrons. The number of nitrogens with one attached hydrogen (secondary N) is 1. The van der Waals surface area contributed by atoms with Crippen molar-refractivity contribution in [1.29, 1.82) is 0 Å². The minimum atomic E-state index is 0.234. The third-order valence-electron chi connectivity index (χ3n) is 1.43.